The minimum Gasteiger partial charge on any atom is -0.208 e. The summed E-state index contributed by atoms with van der Waals surface area (Å²) >= 11 is 0. The van der Waals surface area contributed by atoms with Crippen molar-refractivity contribution in [2.24, 2.45) is 0 Å². The number of nitrogens with zero attached hydrogens (tertiary/aromatic N) is 3. The van der Waals surface area contributed by atoms with E-state index in [-0.39, 0.29) is 0 Å². The van der Waals surface area contributed by atoms with Gasteiger partial charge in [-0.05, 0) is 76.8 Å². The fourth-order valence-electron chi connectivity index (χ4n) is 7.29. The standard InChI is InChI=1S/C45H27N3/c1-2-10-30(11-3-1)43-46-44(33-18-20-37-31(26-33)16-24-39-35-12-6-4-8-28(35)14-22-41(37)39)48-45(47-43)34-19-21-38-32(27-34)17-25-40-36-13-7-5-9-29(36)15-23-42(38)40/h1-27H. The van der Waals surface area contributed by atoms with Crippen LogP contribution in [0.2, 0.25) is 0 Å². The Bertz CT molecular complexity index is 2720. The number of aromatic nitrogens is 3. The van der Waals surface area contributed by atoms with Crippen LogP contribution in [0.3, 0.4) is 0 Å². The van der Waals surface area contributed by atoms with Crippen LogP contribution in [0.4, 0.5) is 0 Å². The van der Waals surface area contributed by atoms with Crippen molar-refractivity contribution in [1.82, 2.24) is 15.0 Å². The summed E-state index contributed by atoms with van der Waals surface area (Å²) < 4.78 is 0. The van der Waals surface area contributed by atoms with E-state index in [1.807, 2.05) is 18.2 Å². The van der Waals surface area contributed by atoms with Gasteiger partial charge in [0.05, 0.1) is 0 Å². The maximum atomic E-state index is 5.10. The molecule has 0 amide bonds. The van der Waals surface area contributed by atoms with Gasteiger partial charge in [0, 0.05) is 16.7 Å². The third-order valence-electron chi connectivity index (χ3n) is 9.67. The van der Waals surface area contributed by atoms with Gasteiger partial charge in [-0.25, -0.2) is 15.0 Å². The Morgan fingerprint density at radius 2 is 0.583 bits per heavy atom. The first-order valence-corrected chi connectivity index (χ1v) is 16.3. The van der Waals surface area contributed by atoms with E-state index in [0.717, 1.165) is 27.5 Å². The van der Waals surface area contributed by atoms with Crippen molar-refractivity contribution in [1.29, 1.82) is 0 Å². The summed E-state index contributed by atoms with van der Waals surface area (Å²) in [6.07, 6.45) is 0. The van der Waals surface area contributed by atoms with Gasteiger partial charge in [-0.2, -0.15) is 0 Å². The van der Waals surface area contributed by atoms with Crippen molar-refractivity contribution in [3.63, 3.8) is 0 Å². The lowest BCUT2D eigenvalue weighted by molar-refractivity contribution is 1.08. The van der Waals surface area contributed by atoms with Gasteiger partial charge in [-0.15, -0.1) is 0 Å². The summed E-state index contributed by atoms with van der Waals surface area (Å²) in [7, 11) is 0. The van der Waals surface area contributed by atoms with Crippen LogP contribution in [0.25, 0.3) is 98.8 Å². The molecule has 0 spiro atoms. The molecular formula is C45H27N3. The van der Waals surface area contributed by atoms with Gasteiger partial charge in [-0.3, -0.25) is 0 Å². The number of hydrogen-bond donors (Lipinski definition) is 0. The summed E-state index contributed by atoms with van der Waals surface area (Å²) in [5.74, 6) is 1.97. The molecule has 1 heterocycles. The average Bonchev–Trinajstić information content (AvgIpc) is 3.17. The molecule has 1 aromatic heterocycles. The van der Waals surface area contributed by atoms with Crippen LogP contribution in [0.5, 0.6) is 0 Å². The monoisotopic (exact) mass is 609 g/mol. The van der Waals surface area contributed by atoms with Gasteiger partial charge in [0.25, 0.3) is 0 Å². The second kappa shape index (κ2) is 10.5. The van der Waals surface area contributed by atoms with Crippen LogP contribution < -0.4 is 0 Å². The van der Waals surface area contributed by atoms with E-state index in [4.69, 9.17) is 15.0 Å². The molecular weight excluding hydrogens is 583 g/mol. The smallest absolute Gasteiger partial charge is 0.164 e. The molecule has 0 fully saturated rings. The predicted molar refractivity (Wildman–Crippen MR) is 201 cm³/mol. The molecule has 0 aliphatic heterocycles. The van der Waals surface area contributed by atoms with Gasteiger partial charge >= 0.3 is 0 Å². The summed E-state index contributed by atoms with van der Waals surface area (Å²) in [4.78, 5) is 15.1. The zero-order valence-electron chi connectivity index (χ0n) is 25.9. The third kappa shape index (κ3) is 4.25. The molecule has 0 atom stereocenters. The second-order valence-electron chi connectivity index (χ2n) is 12.4. The number of fused-ring (bicyclic) bond motifs is 10. The second-order valence-corrected chi connectivity index (χ2v) is 12.4. The Labute approximate surface area is 276 Å². The third-order valence-corrected chi connectivity index (χ3v) is 9.67. The van der Waals surface area contributed by atoms with E-state index < -0.39 is 0 Å². The van der Waals surface area contributed by atoms with E-state index in [2.05, 4.69) is 146 Å². The van der Waals surface area contributed by atoms with Gasteiger partial charge in [0.15, 0.2) is 17.5 Å². The average molecular weight is 610 g/mol. The largest absolute Gasteiger partial charge is 0.208 e. The molecule has 10 aromatic rings. The van der Waals surface area contributed by atoms with E-state index in [1.54, 1.807) is 0 Å². The first kappa shape index (κ1) is 26.7. The molecule has 0 aliphatic rings. The van der Waals surface area contributed by atoms with Crippen LogP contribution in [-0.4, -0.2) is 15.0 Å². The van der Waals surface area contributed by atoms with E-state index in [1.165, 1.54) is 53.9 Å². The lowest BCUT2D eigenvalue weighted by Crippen LogP contribution is -2.00. The first-order valence-electron chi connectivity index (χ1n) is 16.3. The molecule has 222 valence electrons. The molecule has 9 aromatic carbocycles. The van der Waals surface area contributed by atoms with Crippen LogP contribution in [0.1, 0.15) is 0 Å². The predicted octanol–water partition coefficient (Wildman–Crippen LogP) is 11.8. The molecule has 0 radical (unpaired) electrons. The van der Waals surface area contributed by atoms with Gasteiger partial charge in [0.1, 0.15) is 0 Å². The lowest BCUT2D eigenvalue weighted by Gasteiger charge is -2.12. The fourth-order valence-corrected chi connectivity index (χ4v) is 7.29. The summed E-state index contributed by atoms with van der Waals surface area (Å²) in [6.45, 7) is 0. The normalized spacial score (nSPS) is 11.8. The molecule has 0 unspecified atom stereocenters. The molecule has 10 rings (SSSR count). The van der Waals surface area contributed by atoms with Crippen molar-refractivity contribution in [2.45, 2.75) is 0 Å². The van der Waals surface area contributed by atoms with Crippen molar-refractivity contribution in [3.05, 3.63) is 164 Å². The maximum absolute atomic E-state index is 5.10. The van der Waals surface area contributed by atoms with Crippen molar-refractivity contribution >= 4 is 64.6 Å². The molecule has 3 nitrogen and oxygen atoms in total. The highest BCUT2D eigenvalue weighted by Crippen LogP contribution is 2.36. The highest BCUT2D eigenvalue weighted by Gasteiger charge is 2.15. The number of benzene rings is 9. The maximum Gasteiger partial charge on any atom is 0.164 e. The highest BCUT2D eigenvalue weighted by atomic mass is 15.0. The lowest BCUT2D eigenvalue weighted by atomic mass is 9.96. The van der Waals surface area contributed by atoms with Crippen LogP contribution in [-0.2, 0) is 0 Å². The fraction of sp³-hybridized carbons (Fsp3) is 0. The van der Waals surface area contributed by atoms with E-state index >= 15 is 0 Å². The Kier molecular flexibility index (Phi) is 5.87. The van der Waals surface area contributed by atoms with Gasteiger partial charge in [-0.1, -0.05) is 152 Å². The van der Waals surface area contributed by atoms with Gasteiger partial charge < -0.3 is 0 Å². The summed E-state index contributed by atoms with van der Waals surface area (Å²) in [5.41, 5.74) is 2.88. The number of hydrogen-bond acceptors (Lipinski definition) is 3. The minimum absolute atomic E-state index is 0.657. The zero-order chi connectivity index (χ0) is 31.6. The molecule has 0 saturated heterocycles. The van der Waals surface area contributed by atoms with Crippen LogP contribution >= 0.6 is 0 Å². The van der Waals surface area contributed by atoms with Crippen LogP contribution in [0.15, 0.2) is 164 Å². The molecule has 0 saturated carbocycles. The molecule has 0 aliphatic carbocycles. The van der Waals surface area contributed by atoms with E-state index in [9.17, 15) is 0 Å². The van der Waals surface area contributed by atoms with Crippen molar-refractivity contribution in [3.8, 4) is 34.2 Å². The molecule has 3 heteroatoms. The quantitative estimate of drug-likeness (QED) is 0.187. The summed E-state index contributed by atoms with van der Waals surface area (Å²) in [5, 5.41) is 14.8. The Morgan fingerprint density at radius 1 is 0.229 bits per heavy atom. The van der Waals surface area contributed by atoms with Gasteiger partial charge in [0.2, 0.25) is 0 Å². The molecule has 0 N–H and O–H groups in total. The zero-order valence-corrected chi connectivity index (χ0v) is 25.9. The summed E-state index contributed by atoms with van der Waals surface area (Å²) in [6, 6.07) is 58.2. The Morgan fingerprint density at radius 3 is 1.06 bits per heavy atom. The Balaban J connectivity index is 1.13. The van der Waals surface area contributed by atoms with E-state index in [0.29, 0.717) is 17.5 Å². The number of rotatable bonds is 3. The van der Waals surface area contributed by atoms with Crippen molar-refractivity contribution in [2.75, 3.05) is 0 Å². The minimum atomic E-state index is 0.657. The van der Waals surface area contributed by atoms with Crippen LogP contribution in [0, 0.1) is 0 Å². The highest BCUT2D eigenvalue weighted by molar-refractivity contribution is 6.18. The first-order chi connectivity index (χ1) is 23.8. The SMILES string of the molecule is c1ccc(-c2nc(-c3ccc4c(ccc5c6ccccc6ccc45)c3)nc(-c3ccc4c(ccc5c6ccccc6ccc45)c3)n2)cc1. The molecule has 48 heavy (non-hydrogen) atoms. The topological polar surface area (TPSA) is 38.7 Å². The van der Waals surface area contributed by atoms with Crippen molar-refractivity contribution < 1.29 is 0 Å². The Hall–Kier alpha value is -6.45. The molecule has 0 bridgehead atoms.